The van der Waals surface area contributed by atoms with E-state index in [4.69, 9.17) is 4.74 Å². The standard InChI is InChI=1S/C41H80O3/c1-32(2)18-14-21-34(4)25-17-27-38(8)31-39(42)30-37(7)20-13-12-19-33(3)22-15-23-35(5)24-16-26-36(6)28-29-40(43)41(9,10)44-11/h30,32-38,42H,12-29,31H2,1-11H3/b39-30+/t33-,34+,35+,36+,37+,38-/m1/s1. The molecule has 0 aromatic carbocycles. The molecular formula is C41H80O3. The first-order chi connectivity index (χ1) is 20.7. The predicted octanol–water partition coefficient (Wildman–Crippen LogP) is 13.3. The molecule has 0 saturated heterocycles. The van der Waals surface area contributed by atoms with E-state index in [2.05, 4.69) is 61.5 Å². The van der Waals surface area contributed by atoms with Crippen molar-refractivity contribution in [1.29, 1.82) is 0 Å². The molecule has 0 aliphatic rings. The lowest BCUT2D eigenvalue weighted by atomic mass is 9.89. The maximum atomic E-state index is 12.3. The normalized spacial score (nSPS) is 17.0. The minimum absolute atomic E-state index is 0.221. The number of unbranched alkanes of at least 4 members (excludes halogenated alkanes) is 1. The molecule has 0 bridgehead atoms. The van der Waals surface area contributed by atoms with Crippen molar-refractivity contribution in [3.63, 3.8) is 0 Å². The molecule has 0 aromatic heterocycles. The molecule has 0 fully saturated rings. The number of ketones is 1. The highest BCUT2D eigenvalue weighted by molar-refractivity contribution is 5.86. The number of aliphatic hydroxyl groups is 1. The molecule has 0 amide bonds. The summed E-state index contributed by atoms with van der Waals surface area (Å²) in [5.74, 6) is 5.78. The molecule has 3 heteroatoms. The van der Waals surface area contributed by atoms with Crippen LogP contribution in [0.25, 0.3) is 0 Å². The van der Waals surface area contributed by atoms with Gasteiger partial charge in [0.2, 0.25) is 0 Å². The summed E-state index contributed by atoms with van der Waals surface area (Å²) < 4.78 is 5.32. The lowest BCUT2D eigenvalue weighted by Crippen LogP contribution is -2.33. The van der Waals surface area contributed by atoms with Gasteiger partial charge in [0.15, 0.2) is 5.78 Å². The van der Waals surface area contributed by atoms with E-state index in [-0.39, 0.29) is 5.78 Å². The topological polar surface area (TPSA) is 46.5 Å². The second-order valence-electron chi connectivity index (χ2n) is 16.4. The molecule has 262 valence electrons. The number of aliphatic hydroxyl groups excluding tert-OH is 1. The fourth-order valence-electron chi connectivity index (χ4n) is 6.59. The Morgan fingerprint density at radius 1 is 0.591 bits per heavy atom. The lowest BCUT2D eigenvalue weighted by Gasteiger charge is -2.22. The van der Waals surface area contributed by atoms with Crippen molar-refractivity contribution < 1.29 is 14.6 Å². The molecule has 0 aliphatic carbocycles. The highest BCUT2D eigenvalue weighted by atomic mass is 16.5. The Bertz CT molecular complexity index is 723. The van der Waals surface area contributed by atoms with Crippen molar-refractivity contribution in [3.8, 4) is 0 Å². The van der Waals surface area contributed by atoms with Crippen LogP contribution < -0.4 is 0 Å². The summed E-state index contributed by atoms with van der Waals surface area (Å²) in [4.78, 5) is 12.3. The largest absolute Gasteiger partial charge is 0.513 e. The van der Waals surface area contributed by atoms with Crippen molar-refractivity contribution in [1.82, 2.24) is 0 Å². The molecule has 0 heterocycles. The summed E-state index contributed by atoms with van der Waals surface area (Å²) >= 11 is 0. The molecule has 0 aliphatic heterocycles. The Labute approximate surface area is 277 Å². The van der Waals surface area contributed by atoms with Gasteiger partial charge in [-0.15, -0.1) is 0 Å². The van der Waals surface area contributed by atoms with Crippen LogP contribution in [-0.4, -0.2) is 23.6 Å². The number of allylic oxidation sites excluding steroid dienone is 2. The van der Waals surface area contributed by atoms with Gasteiger partial charge in [-0.05, 0) is 74.2 Å². The first-order valence-corrected chi connectivity index (χ1v) is 19.1. The fraction of sp³-hybridized carbons (Fsp3) is 0.927. The number of hydrogen-bond donors (Lipinski definition) is 1. The van der Waals surface area contributed by atoms with E-state index in [1.54, 1.807) is 7.11 Å². The summed E-state index contributed by atoms with van der Waals surface area (Å²) in [6, 6.07) is 0. The quantitative estimate of drug-likeness (QED) is 0.0668. The van der Waals surface area contributed by atoms with E-state index in [1.165, 1.54) is 103 Å². The zero-order chi connectivity index (χ0) is 33.5. The molecule has 0 rings (SSSR count). The Hall–Kier alpha value is -0.830. The van der Waals surface area contributed by atoms with Gasteiger partial charge < -0.3 is 9.84 Å². The van der Waals surface area contributed by atoms with E-state index in [9.17, 15) is 9.90 Å². The number of methoxy groups -OCH3 is 1. The Morgan fingerprint density at radius 2 is 0.977 bits per heavy atom. The van der Waals surface area contributed by atoms with Gasteiger partial charge in [0, 0.05) is 20.0 Å². The van der Waals surface area contributed by atoms with Crippen molar-refractivity contribution >= 4 is 5.78 Å². The Kier molecular flexibility index (Phi) is 24.8. The molecule has 0 spiro atoms. The number of carbonyl (C=O) groups is 1. The highest BCUT2D eigenvalue weighted by Gasteiger charge is 2.26. The van der Waals surface area contributed by atoms with Crippen LogP contribution in [0.15, 0.2) is 11.8 Å². The average Bonchev–Trinajstić information content (AvgIpc) is 2.93. The van der Waals surface area contributed by atoms with Gasteiger partial charge >= 0.3 is 0 Å². The van der Waals surface area contributed by atoms with Crippen molar-refractivity contribution in [2.75, 3.05) is 7.11 Å². The third-order valence-electron chi connectivity index (χ3n) is 10.3. The fourth-order valence-corrected chi connectivity index (χ4v) is 6.59. The molecule has 0 radical (unpaired) electrons. The van der Waals surface area contributed by atoms with Crippen molar-refractivity contribution in [2.45, 2.75) is 197 Å². The minimum atomic E-state index is -0.644. The van der Waals surface area contributed by atoms with Gasteiger partial charge in [-0.2, -0.15) is 0 Å². The van der Waals surface area contributed by atoms with Gasteiger partial charge in [0.05, 0.1) is 5.76 Å². The summed E-state index contributed by atoms with van der Waals surface area (Å²) in [5, 5.41) is 10.6. The second kappa shape index (κ2) is 25.3. The van der Waals surface area contributed by atoms with Gasteiger partial charge in [0.1, 0.15) is 5.60 Å². The monoisotopic (exact) mass is 621 g/mol. The molecule has 44 heavy (non-hydrogen) atoms. The lowest BCUT2D eigenvalue weighted by molar-refractivity contribution is -0.137. The molecule has 6 atom stereocenters. The van der Waals surface area contributed by atoms with E-state index in [1.807, 2.05) is 13.8 Å². The van der Waals surface area contributed by atoms with Gasteiger partial charge in [0.25, 0.3) is 0 Å². The number of ether oxygens (including phenoxy) is 1. The first kappa shape index (κ1) is 43.2. The second-order valence-corrected chi connectivity index (χ2v) is 16.4. The van der Waals surface area contributed by atoms with Crippen LogP contribution in [0, 0.1) is 41.4 Å². The maximum absolute atomic E-state index is 12.3. The molecule has 0 unspecified atom stereocenters. The predicted molar refractivity (Wildman–Crippen MR) is 194 cm³/mol. The minimum Gasteiger partial charge on any atom is -0.513 e. The van der Waals surface area contributed by atoms with Crippen molar-refractivity contribution in [2.24, 2.45) is 41.4 Å². The molecule has 1 N–H and O–H groups in total. The first-order valence-electron chi connectivity index (χ1n) is 19.1. The summed E-state index contributed by atoms with van der Waals surface area (Å²) in [6.07, 6.45) is 25.5. The molecule has 3 nitrogen and oxygen atoms in total. The number of carbonyl (C=O) groups excluding carboxylic acids is 1. The summed E-state index contributed by atoms with van der Waals surface area (Å²) in [7, 11) is 1.62. The number of Topliss-reactive ketones (excluding diaryl/α,β-unsaturated/α-hetero) is 1. The molecule has 0 saturated carbocycles. The molecular weight excluding hydrogens is 540 g/mol. The zero-order valence-corrected chi connectivity index (χ0v) is 31.8. The van der Waals surface area contributed by atoms with Crippen LogP contribution in [0.5, 0.6) is 0 Å². The smallest absolute Gasteiger partial charge is 0.164 e. The molecule has 0 aromatic rings. The van der Waals surface area contributed by atoms with Crippen LogP contribution in [0.3, 0.4) is 0 Å². The number of rotatable bonds is 29. The van der Waals surface area contributed by atoms with Crippen LogP contribution in [0.1, 0.15) is 191 Å². The Morgan fingerprint density at radius 3 is 1.43 bits per heavy atom. The number of hydrogen-bond acceptors (Lipinski definition) is 3. The van der Waals surface area contributed by atoms with Crippen LogP contribution in [0.4, 0.5) is 0 Å². The maximum Gasteiger partial charge on any atom is 0.164 e. The van der Waals surface area contributed by atoms with E-state index >= 15 is 0 Å². The highest BCUT2D eigenvalue weighted by Crippen LogP contribution is 2.25. The van der Waals surface area contributed by atoms with Gasteiger partial charge in [-0.1, -0.05) is 152 Å². The zero-order valence-electron chi connectivity index (χ0n) is 31.8. The van der Waals surface area contributed by atoms with E-state index < -0.39 is 5.60 Å². The van der Waals surface area contributed by atoms with Gasteiger partial charge in [-0.25, -0.2) is 0 Å². The SMILES string of the molecule is COC(C)(C)C(=O)CC[C@@H](C)CCC[C@@H](C)CCC[C@H](C)CCCC[C@H](C)/C=C(/O)C[C@H](C)CCC[C@@H](C)CCCC(C)C. The summed E-state index contributed by atoms with van der Waals surface area (Å²) in [6.45, 7) is 22.5. The van der Waals surface area contributed by atoms with Crippen molar-refractivity contribution in [3.05, 3.63) is 11.8 Å². The van der Waals surface area contributed by atoms with Crippen LogP contribution in [-0.2, 0) is 9.53 Å². The average molecular weight is 621 g/mol. The van der Waals surface area contributed by atoms with E-state index in [0.717, 1.165) is 36.5 Å². The van der Waals surface area contributed by atoms with Gasteiger partial charge in [-0.3, -0.25) is 4.79 Å². The Balaban J connectivity index is 3.91. The van der Waals surface area contributed by atoms with Crippen LogP contribution in [0.2, 0.25) is 0 Å². The van der Waals surface area contributed by atoms with E-state index in [0.29, 0.717) is 29.9 Å². The third-order valence-corrected chi connectivity index (χ3v) is 10.3. The summed E-state index contributed by atoms with van der Waals surface area (Å²) in [5.41, 5.74) is -0.644. The van der Waals surface area contributed by atoms with Crippen LogP contribution >= 0.6 is 0 Å². The third kappa shape index (κ3) is 24.4.